The van der Waals surface area contributed by atoms with Crippen LogP contribution >= 0.6 is 23.2 Å². The summed E-state index contributed by atoms with van der Waals surface area (Å²) in [6.07, 6.45) is 2.16. The second kappa shape index (κ2) is 6.77. The SMILES string of the molecule is O=C(Nc1ccc(N2CCCC2)c(F)c1)c1ccc(Cl)c(Cl)c1. The van der Waals surface area contributed by atoms with Gasteiger partial charge >= 0.3 is 0 Å². The molecule has 3 nitrogen and oxygen atoms in total. The Labute approximate surface area is 144 Å². The summed E-state index contributed by atoms with van der Waals surface area (Å²) in [5.74, 6) is -0.698. The highest BCUT2D eigenvalue weighted by molar-refractivity contribution is 6.42. The minimum atomic E-state index is -0.364. The average molecular weight is 353 g/mol. The Balaban J connectivity index is 1.75. The fraction of sp³-hybridized carbons (Fsp3) is 0.235. The van der Waals surface area contributed by atoms with Crippen molar-refractivity contribution in [1.29, 1.82) is 0 Å². The Morgan fingerprint density at radius 3 is 2.43 bits per heavy atom. The Morgan fingerprint density at radius 2 is 1.78 bits per heavy atom. The van der Waals surface area contributed by atoms with E-state index < -0.39 is 0 Å². The Morgan fingerprint density at radius 1 is 1.04 bits per heavy atom. The summed E-state index contributed by atoms with van der Waals surface area (Å²) in [5, 5.41) is 3.34. The molecule has 1 saturated heterocycles. The van der Waals surface area contributed by atoms with Crippen LogP contribution in [0.25, 0.3) is 0 Å². The van der Waals surface area contributed by atoms with Crippen LogP contribution < -0.4 is 10.2 Å². The molecule has 1 heterocycles. The largest absolute Gasteiger partial charge is 0.369 e. The van der Waals surface area contributed by atoms with Crippen LogP contribution in [0.2, 0.25) is 10.0 Å². The molecule has 2 aromatic rings. The van der Waals surface area contributed by atoms with E-state index in [1.807, 2.05) is 4.90 Å². The molecule has 0 saturated carbocycles. The zero-order valence-electron chi connectivity index (χ0n) is 12.3. The summed E-state index contributed by atoms with van der Waals surface area (Å²) >= 11 is 11.7. The first kappa shape index (κ1) is 16.1. The highest BCUT2D eigenvalue weighted by Gasteiger charge is 2.17. The number of rotatable bonds is 3. The molecule has 0 aliphatic carbocycles. The van der Waals surface area contributed by atoms with Crippen molar-refractivity contribution in [3.8, 4) is 0 Å². The van der Waals surface area contributed by atoms with Gasteiger partial charge in [-0.3, -0.25) is 4.79 Å². The maximum absolute atomic E-state index is 14.2. The third-order valence-corrected chi connectivity index (χ3v) is 4.57. The standard InChI is InChI=1S/C17H15Cl2FN2O/c18-13-5-3-11(9-14(13)19)17(23)21-12-4-6-16(15(20)10-12)22-7-1-2-8-22/h3-6,9-10H,1-2,7-8H2,(H,21,23). The number of hydrogen-bond acceptors (Lipinski definition) is 2. The Kier molecular flexibility index (Phi) is 4.74. The van der Waals surface area contributed by atoms with Gasteiger partial charge in [0.1, 0.15) is 5.82 Å². The van der Waals surface area contributed by atoms with Gasteiger partial charge in [0, 0.05) is 24.3 Å². The van der Waals surface area contributed by atoms with E-state index >= 15 is 0 Å². The van der Waals surface area contributed by atoms with E-state index in [-0.39, 0.29) is 11.7 Å². The van der Waals surface area contributed by atoms with E-state index in [2.05, 4.69) is 5.32 Å². The molecule has 0 aromatic heterocycles. The van der Waals surface area contributed by atoms with Gasteiger partial charge in [0.05, 0.1) is 15.7 Å². The Bertz CT molecular complexity index is 745. The number of amides is 1. The number of hydrogen-bond donors (Lipinski definition) is 1. The average Bonchev–Trinajstić information content (AvgIpc) is 3.04. The minimum Gasteiger partial charge on any atom is -0.369 e. The lowest BCUT2D eigenvalue weighted by Gasteiger charge is -2.18. The molecule has 1 fully saturated rings. The predicted molar refractivity (Wildman–Crippen MR) is 92.3 cm³/mol. The van der Waals surface area contributed by atoms with Gasteiger partial charge in [0.25, 0.3) is 5.91 Å². The summed E-state index contributed by atoms with van der Waals surface area (Å²) in [5.41, 5.74) is 1.35. The molecular formula is C17H15Cl2FN2O. The van der Waals surface area contributed by atoms with Crippen LogP contribution in [0.5, 0.6) is 0 Å². The third-order valence-electron chi connectivity index (χ3n) is 3.83. The molecule has 1 amide bonds. The van der Waals surface area contributed by atoms with Gasteiger partial charge in [-0.05, 0) is 49.2 Å². The molecule has 3 rings (SSSR count). The molecule has 0 atom stereocenters. The fourth-order valence-corrected chi connectivity index (χ4v) is 2.94. The van der Waals surface area contributed by atoms with Gasteiger partial charge in [-0.15, -0.1) is 0 Å². The van der Waals surface area contributed by atoms with Crippen LogP contribution in [-0.2, 0) is 0 Å². The van der Waals surface area contributed by atoms with E-state index in [1.54, 1.807) is 24.3 Å². The number of nitrogens with one attached hydrogen (secondary N) is 1. The number of halogens is 3. The maximum Gasteiger partial charge on any atom is 0.255 e. The zero-order chi connectivity index (χ0) is 16.4. The summed E-state index contributed by atoms with van der Waals surface area (Å²) in [6.45, 7) is 1.73. The highest BCUT2D eigenvalue weighted by Crippen LogP contribution is 2.27. The number of carbonyl (C=O) groups excluding carboxylic acids is 1. The van der Waals surface area contributed by atoms with Crippen molar-refractivity contribution in [3.63, 3.8) is 0 Å². The quantitative estimate of drug-likeness (QED) is 0.844. The van der Waals surface area contributed by atoms with Gasteiger partial charge < -0.3 is 10.2 Å². The molecule has 6 heteroatoms. The topological polar surface area (TPSA) is 32.3 Å². The first-order chi connectivity index (χ1) is 11.0. The van der Waals surface area contributed by atoms with Gasteiger partial charge in [0.2, 0.25) is 0 Å². The highest BCUT2D eigenvalue weighted by atomic mass is 35.5. The van der Waals surface area contributed by atoms with E-state index in [1.165, 1.54) is 12.1 Å². The molecular weight excluding hydrogens is 338 g/mol. The van der Waals surface area contributed by atoms with Gasteiger partial charge in [-0.25, -0.2) is 4.39 Å². The van der Waals surface area contributed by atoms with Crippen molar-refractivity contribution >= 4 is 40.5 Å². The van der Waals surface area contributed by atoms with E-state index in [0.29, 0.717) is 27.0 Å². The molecule has 2 aromatic carbocycles. The molecule has 0 spiro atoms. The van der Waals surface area contributed by atoms with Crippen molar-refractivity contribution in [2.75, 3.05) is 23.3 Å². The van der Waals surface area contributed by atoms with E-state index in [0.717, 1.165) is 25.9 Å². The van der Waals surface area contributed by atoms with Crippen molar-refractivity contribution in [1.82, 2.24) is 0 Å². The molecule has 0 bridgehead atoms. The molecule has 1 aliphatic rings. The van der Waals surface area contributed by atoms with Gasteiger partial charge in [0.15, 0.2) is 0 Å². The van der Waals surface area contributed by atoms with Crippen molar-refractivity contribution in [3.05, 3.63) is 57.8 Å². The molecule has 0 unspecified atom stereocenters. The smallest absolute Gasteiger partial charge is 0.255 e. The first-order valence-corrected chi connectivity index (χ1v) is 8.11. The third kappa shape index (κ3) is 3.59. The molecule has 23 heavy (non-hydrogen) atoms. The lowest BCUT2D eigenvalue weighted by atomic mass is 10.2. The molecule has 0 radical (unpaired) electrons. The van der Waals surface area contributed by atoms with Crippen molar-refractivity contribution < 1.29 is 9.18 Å². The van der Waals surface area contributed by atoms with Crippen LogP contribution in [0.1, 0.15) is 23.2 Å². The van der Waals surface area contributed by atoms with Crippen LogP contribution in [0.4, 0.5) is 15.8 Å². The normalized spacial score (nSPS) is 14.1. The molecule has 1 aliphatic heterocycles. The maximum atomic E-state index is 14.2. The fourth-order valence-electron chi connectivity index (χ4n) is 2.64. The van der Waals surface area contributed by atoms with E-state index in [9.17, 15) is 9.18 Å². The minimum absolute atomic E-state index is 0.301. The molecule has 120 valence electrons. The Hall–Kier alpha value is -1.78. The second-order valence-electron chi connectivity index (χ2n) is 5.44. The monoisotopic (exact) mass is 352 g/mol. The first-order valence-electron chi connectivity index (χ1n) is 7.35. The number of anilines is 2. The zero-order valence-corrected chi connectivity index (χ0v) is 13.8. The van der Waals surface area contributed by atoms with Crippen molar-refractivity contribution in [2.45, 2.75) is 12.8 Å². The summed E-state index contributed by atoms with van der Waals surface area (Å²) < 4.78 is 14.2. The number of benzene rings is 2. The van der Waals surface area contributed by atoms with Gasteiger partial charge in [-0.1, -0.05) is 23.2 Å². The lowest BCUT2D eigenvalue weighted by molar-refractivity contribution is 0.102. The van der Waals surface area contributed by atoms with Crippen LogP contribution in [0, 0.1) is 5.82 Å². The van der Waals surface area contributed by atoms with E-state index in [4.69, 9.17) is 23.2 Å². The number of nitrogens with zero attached hydrogens (tertiary/aromatic N) is 1. The number of carbonyl (C=O) groups is 1. The second-order valence-corrected chi connectivity index (χ2v) is 6.26. The summed E-state index contributed by atoms with van der Waals surface area (Å²) in [4.78, 5) is 14.2. The van der Waals surface area contributed by atoms with Crippen molar-refractivity contribution in [2.24, 2.45) is 0 Å². The van der Waals surface area contributed by atoms with Crippen LogP contribution in [0.3, 0.4) is 0 Å². The predicted octanol–water partition coefficient (Wildman–Crippen LogP) is 4.99. The molecule has 1 N–H and O–H groups in total. The van der Waals surface area contributed by atoms with Gasteiger partial charge in [-0.2, -0.15) is 0 Å². The van der Waals surface area contributed by atoms with Crippen LogP contribution in [-0.4, -0.2) is 19.0 Å². The summed E-state index contributed by atoms with van der Waals surface area (Å²) in [6, 6.07) is 9.34. The summed E-state index contributed by atoms with van der Waals surface area (Å²) in [7, 11) is 0. The van der Waals surface area contributed by atoms with Crippen LogP contribution in [0.15, 0.2) is 36.4 Å². The lowest BCUT2D eigenvalue weighted by Crippen LogP contribution is -2.19.